The van der Waals surface area contributed by atoms with Crippen LogP contribution in [0, 0.1) is 0 Å². The molecule has 0 N–H and O–H groups in total. The van der Waals surface area contributed by atoms with Gasteiger partial charge in [0, 0.05) is 5.88 Å². The normalized spacial score (nSPS) is 11.5. The number of halogens is 4. The van der Waals surface area contributed by atoms with E-state index in [1.54, 1.807) is 0 Å². The smallest absolute Gasteiger partial charge is 0.206 e. The molecule has 0 saturated heterocycles. The average molecular weight is 346 g/mol. The fourth-order valence-electron chi connectivity index (χ4n) is 1.43. The molecule has 0 fully saturated rings. The highest BCUT2D eigenvalue weighted by Gasteiger charge is 2.43. The Morgan fingerprint density at radius 3 is 1.95 bits per heavy atom. The summed E-state index contributed by atoms with van der Waals surface area (Å²) in [5.41, 5.74) is -0.424. The Hall–Kier alpha value is -0.950. The third-order valence-corrected chi connectivity index (χ3v) is 3.64. The summed E-state index contributed by atoms with van der Waals surface area (Å²) in [5.74, 6) is 0.827. The van der Waals surface area contributed by atoms with Crippen LogP contribution in [0.4, 0.5) is 18.9 Å². The average Bonchev–Trinajstić information content (AvgIpc) is 2.35. The van der Waals surface area contributed by atoms with Gasteiger partial charge in [0.2, 0.25) is 10.0 Å². The van der Waals surface area contributed by atoms with Gasteiger partial charge in [0.15, 0.2) is 0 Å². The van der Waals surface area contributed by atoms with E-state index in [-0.39, 0.29) is 0 Å². The number of hydrogen-bond donors (Lipinski definition) is 0. The highest BCUT2D eigenvalue weighted by atomic mass is 35.5. The summed E-state index contributed by atoms with van der Waals surface area (Å²) in [5, 5.41) is 0. The van der Waals surface area contributed by atoms with E-state index in [9.17, 15) is 21.6 Å². The molecule has 0 radical (unpaired) electrons. The van der Waals surface area contributed by atoms with Gasteiger partial charge >= 0.3 is 6.30 Å². The molecule has 1 rings (SSSR count). The van der Waals surface area contributed by atoms with Crippen LogP contribution in [-0.2, 0) is 10.0 Å². The number of sulfonamides is 1. The Kier molecular flexibility index (Phi) is 8.73. The van der Waals surface area contributed by atoms with Crippen molar-refractivity contribution in [3.05, 3.63) is 30.3 Å². The van der Waals surface area contributed by atoms with Crippen molar-refractivity contribution < 1.29 is 21.6 Å². The summed E-state index contributed by atoms with van der Waals surface area (Å²) in [6, 6.07) is 6.32. The van der Waals surface area contributed by atoms with E-state index in [1.807, 2.05) is 0 Å². The molecular weight excluding hydrogens is 327 g/mol. The molecule has 0 unspecified atom stereocenters. The molecule has 0 saturated carbocycles. The van der Waals surface area contributed by atoms with Crippen LogP contribution in [0.25, 0.3) is 0 Å². The predicted molar refractivity (Wildman–Crippen MR) is 80.1 cm³/mol. The van der Waals surface area contributed by atoms with Gasteiger partial charge < -0.3 is 0 Å². The highest BCUT2D eigenvalue weighted by Crippen LogP contribution is 2.30. The summed E-state index contributed by atoms with van der Waals surface area (Å²) in [6.07, 6.45) is -0.712. The molecule has 0 atom stereocenters. The van der Waals surface area contributed by atoms with E-state index >= 15 is 0 Å². The van der Waals surface area contributed by atoms with Gasteiger partial charge in [0.1, 0.15) is 0 Å². The number of rotatable bonds is 5. The number of para-hydroxylation sites is 1. The molecular formula is C13H19ClF3NO2S. The van der Waals surface area contributed by atoms with Crippen molar-refractivity contribution in [3.8, 4) is 0 Å². The van der Waals surface area contributed by atoms with Gasteiger partial charge in [-0.2, -0.15) is 4.31 Å². The second-order valence-corrected chi connectivity index (χ2v) is 6.44. The number of unbranched alkanes of at least 4 members (excludes halogenated alkanes) is 2. The van der Waals surface area contributed by atoms with Crippen molar-refractivity contribution in [1.82, 2.24) is 0 Å². The predicted octanol–water partition coefficient (Wildman–Crippen LogP) is 4.39. The molecule has 1 aromatic carbocycles. The fourth-order valence-corrected chi connectivity index (χ4v) is 2.50. The Balaban J connectivity index is 0.000000567. The second-order valence-electron chi connectivity index (χ2n) is 4.23. The van der Waals surface area contributed by atoms with Gasteiger partial charge in [-0.05, 0) is 18.6 Å². The first-order valence-electron chi connectivity index (χ1n) is 6.32. The molecule has 0 aliphatic rings. The van der Waals surface area contributed by atoms with Crippen LogP contribution in [0.5, 0.6) is 0 Å². The first-order chi connectivity index (χ1) is 9.64. The number of hydrogen-bond acceptors (Lipinski definition) is 2. The van der Waals surface area contributed by atoms with Gasteiger partial charge in [-0.25, -0.2) is 8.42 Å². The Morgan fingerprint density at radius 2 is 1.67 bits per heavy atom. The topological polar surface area (TPSA) is 37.4 Å². The van der Waals surface area contributed by atoms with Crippen molar-refractivity contribution in [2.45, 2.75) is 32.5 Å². The number of nitrogens with zero attached hydrogens (tertiary/aromatic N) is 1. The largest absolute Gasteiger partial charge is 0.498 e. The molecule has 0 aromatic heterocycles. The van der Waals surface area contributed by atoms with Gasteiger partial charge in [0.25, 0.3) is 0 Å². The number of benzene rings is 1. The van der Waals surface area contributed by atoms with Crippen LogP contribution < -0.4 is 4.31 Å². The van der Waals surface area contributed by atoms with Gasteiger partial charge in [0.05, 0.1) is 11.9 Å². The number of anilines is 1. The van der Waals surface area contributed by atoms with Crippen LogP contribution in [0.3, 0.4) is 0 Å². The fraction of sp³-hybridized carbons (Fsp3) is 0.538. The minimum Gasteiger partial charge on any atom is -0.206 e. The zero-order valence-electron chi connectivity index (χ0n) is 11.9. The lowest BCUT2D eigenvalue weighted by Gasteiger charge is -2.24. The maximum atomic E-state index is 12.4. The van der Waals surface area contributed by atoms with E-state index in [0.717, 1.165) is 18.0 Å². The van der Waals surface area contributed by atoms with Gasteiger partial charge in [-0.3, -0.25) is 0 Å². The van der Waals surface area contributed by atoms with Crippen molar-refractivity contribution in [1.29, 1.82) is 0 Å². The molecule has 122 valence electrons. The zero-order chi connectivity index (χ0) is 16.5. The van der Waals surface area contributed by atoms with E-state index in [0.29, 0.717) is 6.26 Å². The Morgan fingerprint density at radius 1 is 1.14 bits per heavy atom. The minimum absolute atomic E-state index is 0.424. The number of alkyl halides is 4. The summed E-state index contributed by atoms with van der Waals surface area (Å²) < 4.78 is 58.7. The Labute approximate surface area is 128 Å². The minimum atomic E-state index is -4.95. The summed E-state index contributed by atoms with van der Waals surface area (Å²) in [6.45, 7) is 2.17. The monoisotopic (exact) mass is 345 g/mol. The molecule has 0 aliphatic carbocycles. The lowest BCUT2D eigenvalue weighted by atomic mass is 10.3. The van der Waals surface area contributed by atoms with Crippen molar-refractivity contribution in [2.24, 2.45) is 0 Å². The van der Waals surface area contributed by atoms with Crippen LogP contribution >= 0.6 is 11.6 Å². The Bertz CT molecular complexity index is 488. The second kappa shape index (κ2) is 9.15. The van der Waals surface area contributed by atoms with E-state index < -0.39 is 26.3 Å². The third kappa shape index (κ3) is 8.16. The van der Waals surface area contributed by atoms with Crippen LogP contribution in [0.1, 0.15) is 26.2 Å². The lowest BCUT2D eigenvalue weighted by molar-refractivity contribution is -0.115. The summed E-state index contributed by atoms with van der Waals surface area (Å²) in [7, 11) is -4.37. The molecule has 21 heavy (non-hydrogen) atoms. The van der Waals surface area contributed by atoms with Gasteiger partial charge in [-0.1, -0.05) is 38.0 Å². The molecule has 1 aromatic rings. The maximum absolute atomic E-state index is 12.4. The molecule has 0 bridgehead atoms. The van der Waals surface area contributed by atoms with E-state index in [4.69, 9.17) is 11.6 Å². The van der Waals surface area contributed by atoms with E-state index in [2.05, 4.69) is 6.92 Å². The van der Waals surface area contributed by atoms with Gasteiger partial charge in [-0.15, -0.1) is 24.8 Å². The molecule has 8 heteroatoms. The standard InChI is InChI=1S/C8H8F3NO2S.C5H11Cl/c1-15(13,14)12(8(9,10)11)7-5-3-2-4-6-7;1-2-3-4-5-6/h2-6H,1H3;2-5H2,1H3. The molecule has 0 spiro atoms. The first-order valence-corrected chi connectivity index (χ1v) is 8.71. The van der Waals surface area contributed by atoms with Crippen molar-refractivity contribution in [2.75, 3.05) is 16.4 Å². The van der Waals surface area contributed by atoms with Crippen LogP contribution in [-0.4, -0.2) is 26.9 Å². The summed E-state index contributed by atoms with van der Waals surface area (Å²) >= 11 is 5.38. The van der Waals surface area contributed by atoms with Crippen molar-refractivity contribution >= 4 is 27.3 Å². The van der Waals surface area contributed by atoms with Crippen LogP contribution in [0.2, 0.25) is 0 Å². The third-order valence-electron chi connectivity index (χ3n) is 2.29. The zero-order valence-corrected chi connectivity index (χ0v) is 13.5. The molecule has 3 nitrogen and oxygen atoms in total. The quantitative estimate of drug-likeness (QED) is 0.451. The highest BCUT2D eigenvalue weighted by molar-refractivity contribution is 7.92. The van der Waals surface area contributed by atoms with E-state index in [1.165, 1.54) is 37.5 Å². The SMILES string of the molecule is CCCCCCl.CS(=O)(=O)N(c1ccccc1)C(F)(F)F. The lowest BCUT2D eigenvalue weighted by Crippen LogP contribution is -2.42. The molecule has 0 heterocycles. The van der Waals surface area contributed by atoms with Crippen LogP contribution in [0.15, 0.2) is 30.3 Å². The maximum Gasteiger partial charge on any atom is 0.498 e. The summed E-state index contributed by atoms with van der Waals surface area (Å²) in [4.78, 5) is 0. The first kappa shape index (κ1) is 20.1. The molecule has 0 aliphatic heterocycles. The molecule has 0 amide bonds. The van der Waals surface area contributed by atoms with Crippen molar-refractivity contribution in [3.63, 3.8) is 0 Å².